The molecule has 0 radical (unpaired) electrons. The SMILES string of the molecule is c1ccc(-c2nc(-c3ccc4ccc(-c5cc(-c6ccc7sc8ccccc8c7c6)cc6oc7ccccc7c56)cc4c3)nc(-c3ccc4ccc5ccccc5c4c3)n2)cc1. The molecule has 0 saturated heterocycles. The maximum atomic E-state index is 6.60. The zero-order valence-corrected chi connectivity index (χ0v) is 34.0. The zero-order chi connectivity index (χ0) is 40.7. The van der Waals surface area contributed by atoms with Crippen LogP contribution in [0.2, 0.25) is 0 Å². The van der Waals surface area contributed by atoms with Crippen LogP contribution in [0.4, 0.5) is 0 Å². The van der Waals surface area contributed by atoms with E-state index in [4.69, 9.17) is 19.4 Å². The maximum Gasteiger partial charge on any atom is 0.164 e. The number of thiophene rings is 1. The Morgan fingerprint density at radius 1 is 0.306 bits per heavy atom. The highest BCUT2D eigenvalue weighted by Gasteiger charge is 2.18. The molecule has 62 heavy (non-hydrogen) atoms. The molecule has 0 fully saturated rings. The van der Waals surface area contributed by atoms with Crippen molar-refractivity contribution in [1.29, 1.82) is 0 Å². The van der Waals surface area contributed by atoms with Crippen molar-refractivity contribution >= 4 is 85.8 Å². The smallest absolute Gasteiger partial charge is 0.164 e. The highest BCUT2D eigenvalue weighted by atomic mass is 32.1. The van der Waals surface area contributed by atoms with Gasteiger partial charge in [0.05, 0.1) is 0 Å². The van der Waals surface area contributed by atoms with E-state index < -0.39 is 0 Å². The Morgan fingerprint density at radius 3 is 1.73 bits per heavy atom. The van der Waals surface area contributed by atoms with E-state index in [1.165, 1.54) is 41.7 Å². The third-order valence-corrected chi connectivity index (χ3v) is 13.4. The van der Waals surface area contributed by atoms with Gasteiger partial charge in [-0.05, 0) is 109 Å². The van der Waals surface area contributed by atoms with Crippen LogP contribution < -0.4 is 0 Å². The molecule has 4 nitrogen and oxygen atoms in total. The number of aromatic nitrogens is 3. The normalized spacial score (nSPS) is 11.9. The van der Waals surface area contributed by atoms with E-state index in [9.17, 15) is 0 Å². The van der Waals surface area contributed by atoms with Gasteiger partial charge in [0.2, 0.25) is 0 Å². The maximum absolute atomic E-state index is 6.60. The molecule has 3 heterocycles. The number of furan rings is 1. The van der Waals surface area contributed by atoms with E-state index in [0.717, 1.165) is 71.7 Å². The van der Waals surface area contributed by atoms with Gasteiger partial charge in [-0.15, -0.1) is 11.3 Å². The van der Waals surface area contributed by atoms with Gasteiger partial charge in [0, 0.05) is 47.6 Å². The molecule has 0 unspecified atom stereocenters. The van der Waals surface area contributed by atoms with Crippen LogP contribution in [0.25, 0.3) is 131 Å². The molecule has 0 amide bonds. The predicted octanol–water partition coefficient (Wildman–Crippen LogP) is 15.9. The van der Waals surface area contributed by atoms with Crippen LogP contribution in [-0.4, -0.2) is 15.0 Å². The number of hydrogen-bond acceptors (Lipinski definition) is 5. The molecule has 10 aromatic carbocycles. The molecule has 0 saturated carbocycles. The van der Waals surface area contributed by atoms with Crippen molar-refractivity contribution in [3.05, 3.63) is 200 Å². The number of para-hydroxylation sites is 1. The van der Waals surface area contributed by atoms with Gasteiger partial charge in [-0.25, -0.2) is 15.0 Å². The summed E-state index contributed by atoms with van der Waals surface area (Å²) in [5.74, 6) is 1.90. The van der Waals surface area contributed by atoms with Gasteiger partial charge in [0.25, 0.3) is 0 Å². The molecule has 0 atom stereocenters. The lowest BCUT2D eigenvalue weighted by Gasteiger charge is -2.12. The van der Waals surface area contributed by atoms with E-state index in [0.29, 0.717) is 17.5 Å². The molecular weight excluding hydrogens is 775 g/mol. The lowest BCUT2D eigenvalue weighted by molar-refractivity contribution is 0.669. The Morgan fingerprint density at radius 2 is 0.887 bits per heavy atom. The number of fused-ring (bicyclic) bond motifs is 10. The summed E-state index contributed by atoms with van der Waals surface area (Å²) in [6, 6.07) is 71.2. The Hall–Kier alpha value is -7.99. The molecule has 0 aliphatic rings. The summed E-state index contributed by atoms with van der Waals surface area (Å²) >= 11 is 1.84. The Balaban J connectivity index is 0.974. The molecule has 13 aromatic rings. The topological polar surface area (TPSA) is 51.8 Å². The van der Waals surface area contributed by atoms with Crippen LogP contribution in [0, 0.1) is 0 Å². The van der Waals surface area contributed by atoms with Crippen LogP contribution in [0.1, 0.15) is 0 Å². The fraction of sp³-hybridized carbons (Fsp3) is 0. The number of hydrogen-bond donors (Lipinski definition) is 0. The summed E-state index contributed by atoms with van der Waals surface area (Å²) in [5.41, 5.74) is 9.07. The number of benzene rings is 10. The van der Waals surface area contributed by atoms with Crippen molar-refractivity contribution < 1.29 is 4.42 Å². The van der Waals surface area contributed by atoms with Gasteiger partial charge in [-0.2, -0.15) is 0 Å². The Labute approximate surface area is 360 Å². The molecule has 0 spiro atoms. The molecule has 288 valence electrons. The molecular formula is C57H33N3OS. The highest BCUT2D eigenvalue weighted by molar-refractivity contribution is 7.25. The minimum atomic E-state index is 0.626. The second-order valence-electron chi connectivity index (χ2n) is 16.0. The molecule has 5 heteroatoms. The van der Waals surface area contributed by atoms with Crippen LogP contribution in [0.3, 0.4) is 0 Å². The van der Waals surface area contributed by atoms with Crippen LogP contribution in [-0.2, 0) is 0 Å². The quantitative estimate of drug-likeness (QED) is 0.163. The summed E-state index contributed by atoms with van der Waals surface area (Å²) in [7, 11) is 0. The van der Waals surface area contributed by atoms with Crippen LogP contribution in [0.5, 0.6) is 0 Å². The van der Waals surface area contributed by atoms with E-state index >= 15 is 0 Å². The molecule has 0 bridgehead atoms. The van der Waals surface area contributed by atoms with Crippen LogP contribution >= 0.6 is 11.3 Å². The molecule has 3 aromatic heterocycles. The summed E-state index contributed by atoms with van der Waals surface area (Å²) in [4.78, 5) is 15.4. The van der Waals surface area contributed by atoms with E-state index in [2.05, 4.69) is 176 Å². The molecule has 0 aliphatic carbocycles. The average Bonchev–Trinajstić information content (AvgIpc) is 3.91. The second-order valence-corrected chi connectivity index (χ2v) is 17.1. The lowest BCUT2D eigenvalue weighted by atomic mass is 9.92. The van der Waals surface area contributed by atoms with Crippen LogP contribution in [0.15, 0.2) is 205 Å². The third-order valence-electron chi connectivity index (χ3n) is 12.3. The first-order chi connectivity index (χ1) is 30.7. The minimum Gasteiger partial charge on any atom is -0.456 e. The zero-order valence-electron chi connectivity index (χ0n) is 33.2. The second kappa shape index (κ2) is 13.8. The predicted molar refractivity (Wildman–Crippen MR) is 260 cm³/mol. The summed E-state index contributed by atoms with van der Waals surface area (Å²) < 4.78 is 9.19. The molecule has 0 aliphatic heterocycles. The van der Waals surface area contributed by atoms with E-state index in [-0.39, 0.29) is 0 Å². The lowest BCUT2D eigenvalue weighted by Crippen LogP contribution is -2.00. The van der Waals surface area contributed by atoms with Crippen molar-refractivity contribution in [3.63, 3.8) is 0 Å². The first kappa shape index (κ1) is 34.8. The summed E-state index contributed by atoms with van der Waals surface area (Å²) in [6.07, 6.45) is 0. The van der Waals surface area contributed by atoms with Gasteiger partial charge < -0.3 is 4.42 Å². The van der Waals surface area contributed by atoms with E-state index in [1.807, 2.05) is 35.6 Å². The molecule has 0 N–H and O–H groups in total. The highest BCUT2D eigenvalue weighted by Crippen LogP contribution is 2.43. The fourth-order valence-electron chi connectivity index (χ4n) is 9.20. The fourth-order valence-corrected chi connectivity index (χ4v) is 10.3. The summed E-state index contributed by atoms with van der Waals surface area (Å²) in [5, 5.41) is 11.8. The average molecular weight is 808 g/mol. The van der Waals surface area contributed by atoms with Crippen molar-refractivity contribution in [2.75, 3.05) is 0 Å². The molecule has 13 rings (SSSR count). The first-order valence-corrected chi connectivity index (χ1v) is 21.6. The largest absolute Gasteiger partial charge is 0.456 e. The first-order valence-electron chi connectivity index (χ1n) is 20.8. The van der Waals surface area contributed by atoms with Gasteiger partial charge in [0.15, 0.2) is 17.5 Å². The van der Waals surface area contributed by atoms with Gasteiger partial charge in [-0.3, -0.25) is 0 Å². The number of nitrogens with zero attached hydrogens (tertiary/aromatic N) is 3. The van der Waals surface area contributed by atoms with Crippen molar-refractivity contribution in [3.8, 4) is 56.4 Å². The monoisotopic (exact) mass is 807 g/mol. The van der Waals surface area contributed by atoms with Crippen molar-refractivity contribution in [2.45, 2.75) is 0 Å². The summed E-state index contributed by atoms with van der Waals surface area (Å²) in [6.45, 7) is 0. The minimum absolute atomic E-state index is 0.626. The van der Waals surface area contributed by atoms with Crippen molar-refractivity contribution in [2.24, 2.45) is 0 Å². The Bertz CT molecular complexity index is 3940. The van der Waals surface area contributed by atoms with Gasteiger partial charge >= 0.3 is 0 Å². The third kappa shape index (κ3) is 5.71. The van der Waals surface area contributed by atoms with Gasteiger partial charge in [0.1, 0.15) is 11.2 Å². The van der Waals surface area contributed by atoms with Gasteiger partial charge in [-0.1, -0.05) is 146 Å². The standard InChI is InChI=1S/C57H33N3OS/c1-2-11-37(12-3-1)55-58-56(60-57(59-55)41-25-22-36-21-20-35-10-4-5-13-44(35)47(36)31-41)40-24-19-34-18-23-39(28-42(34)29-40)48-32-43(33-51-54(48)46-15-6-8-16-50(46)61-51)38-26-27-53-49(30-38)45-14-7-9-17-52(45)62-53/h1-33H. The van der Waals surface area contributed by atoms with E-state index in [1.54, 1.807) is 0 Å². The number of rotatable bonds is 5. The Kier molecular flexibility index (Phi) is 7.74. The van der Waals surface area contributed by atoms with Crippen molar-refractivity contribution in [1.82, 2.24) is 15.0 Å².